The predicted molar refractivity (Wildman–Crippen MR) is 70.3 cm³/mol. The molecule has 1 aromatic heterocycles. The van der Waals surface area contributed by atoms with Crippen molar-refractivity contribution in [3.8, 4) is 0 Å². The van der Waals surface area contributed by atoms with Gasteiger partial charge in [0.1, 0.15) is 0 Å². The van der Waals surface area contributed by atoms with Gasteiger partial charge in [-0.1, -0.05) is 42.1 Å². The molecule has 2 rings (SSSR count). The van der Waals surface area contributed by atoms with Crippen molar-refractivity contribution in [3.63, 3.8) is 0 Å². The highest BCUT2D eigenvalue weighted by molar-refractivity contribution is 7.99. The Morgan fingerprint density at radius 2 is 2.00 bits per heavy atom. The Hall–Kier alpha value is -1.40. The van der Waals surface area contributed by atoms with Gasteiger partial charge in [0.25, 0.3) is 0 Å². The van der Waals surface area contributed by atoms with Gasteiger partial charge >= 0.3 is 0 Å². The monoisotopic (exact) mass is 264 g/mol. The Morgan fingerprint density at radius 1 is 1.28 bits per heavy atom. The first-order chi connectivity index (χ1) is 8.68. The number of hydrogen-bond donors (Lipinski definition) is 1. The van der Waals surface area contributed by atoms with E-state index in [9.17, 15) is 5.11 Å². The quantitative estimate of drug-likeness (QED) is 0.838. The van der Waals surface area contributed by atoms with E-state index in [4.69, 9.17) is 0 Å². The maximum absolute atomic E-state index is 10.1. The number of tetrazole rings is 1. The maximum Gasteiger partial charge on any atom is 0.209 e. The topological polar surface area (TPSA) is 63.8 Å². The Balaban J connectivity index is 1.97. The van der Waals surface area contributed by atoms with E-state index in [2.05, 4.69) is 15.5 Å². The number of aliphatic hydroxyl groups is 1. The smallest absolute Gasteiger partial charge is 0.209 e. The Kier molecular flexibility index (Phi) is 4.33. The number of nitrogens with zero attached hydrogens (tertiary/aromatic N) is 4. The van der Waals surface area contributed by atoms with Crippen LogP contribution in [0.25, 0.3) is 0 Å². The largest absolute Gasteiger partial charge is 0.388 e. The van der Waals surface area contributed by atoms with Crippen molar-refractivity contribution in [2.75, 3.05) is 5.75 Å². The number of rotatable bonds is 5. The SMILES string of the molecule is CC(C)n1nnnc1SCC(O)c1ccccc1. The molecule has 0 amide bonds. The molecule has 0 saturated carbocycles. The summed E-state index contributed by atoms with van der Waals surface area (Å²) in [5.74, 6) is 0.539. The van der Waals surface area contributed by atoms with E-state index in [0.29, 0.717) is 5.75 Å². The molecule has 96 valence electrons. The van der Waals surface area contributed by atoms with Crippen molar-refractivity contribution in [2.45, 2.75) is 31.1 Å². The number of hydrogen-bond acceptors (Lipinski definition) is 5. The van der Waals surface area contributed by atoms with Crippen LogP contribution < -0.4 is 0 Å². The highest BCUT2D eigenvalue weighted by Crippen LogP contribution is 2.23. The summed E-state index contributed by atoms with van der Waals surface area (Å²) in [5, 5.41) is 22.3. The molecule has 1 unspecified atom stereocenters. The summed E-state index contributed by atoms with van der Waals surface area (Å²) >= 11 is 1.46. The van der Waals surface area contributed by atoms with E-state index in [-0.39, 0.29) is 6.04 Å². The summed E-state index contributed by atoms with van der Waals surface area (Å²) in [6, 6.07) is 9.81. The van der Waals surface area contributed by atoms with Crippen LogP contribution in [0.1, 0.15) is 31.6 Å². The van der Waals surface area contributed by atoms with Crippen LogP contribution in [0.15, 0.2) is 35.5 Å². The third-order valence-corrected chi connectivity index (χ3v) is 3.52. The second-order valence-electron chi connectivity index (χ2n) is 4.24. The van der Waals surface area contributed by atoms with E-state index in [1.165, 1.54) is 11.8 Å². The highest BCUT2D eigenvalue weighted by Gasteiger charge is 2.13. The average Bonchev–Trinajstić information content (AvgIpc) is 2.85. The van der Waals surface area contributed by atoms with E-state index < -0.39 is 6.10 Å². The van der Waals surface area contributed by atoms with Crippen LogP contribution in [0.3, 0.4) is 0 Å². The van der Waals surface area contributed by atoms with Gasteiger partial charge in [-0.3, -0.25) is 0 Å². The number of benzene rings is 1. The van der Waals surface area contributed by atoms with E-state index >= 15 is 0 Å². The average molecular weight is 264 g/mol. The van der Waals surface area contributed by atoms with E-state index in [0.717, 1.165) is 10.7 Å². The first kappa shape index (κ1) is 13.0. The molecule has 1 aromatic carbocycles. The second-order valence-corrected chi connectivity index (χ2v) is 5.22. The molecule has 0 bridgehead atoms. The van der Waals surface area contributed by atoms with Gasteiger partial charge in [0.15, 0.2) is 0 Å². The molecule has 0 saturated heterocycles. The van der Waals surface area contributed by atoms with Gasteiger partial charge in [-0.2, -0.15) is 0 Å². The lowest BCUT2D eigenvalue weighted by molar-refractivity contribution is 0.204. The molecule has 1 atom stereocenters. The summed E-state index contributed by atoms with van der Waals surface area (Å²) in [4.78, 5) is 0. The molecular formula is C12H16N4OS. The van der Waals surface area contributed by atoms with Crippen LogP contribution in [-0.2, 0) is 0 Å². The maximum atomic E-state index is 10.1. The van der Waals surface area contributed by atoms with Crippen LogP contribution >= 0.6 is 11.8 Å². The van der Waals surface area contributed by atoms with Crippen molar-refractivity contribution in [2.24, 2.45) is 0 Å². The molecule has 0 aliphatic heterocycles. The van der Waals surface area contributed by atoms with Crippen LogP contribution in [0.5, 0.6) is 0 Å². The van der Waals surface area contributed by atoms with Crippen molar-refractivity contribution >= 4 is 11.8 Å². The zero-order valence-corrected chi connectivity index (χ0v) is 11.2. The van der Waals surface area contributed by atoms with Gasteiger partial charge in [-0.05, 0) is 29.8 Å². The first-order valence-corrected chi connectivity index (χ1v) is 6.80. The third kappa shape index (κ3) is 3.08. The minimum absolute atomic E-state index is 0.219. The first-order valence-electron chi connectivity index (χ1n) is 5.82. The minimum atomic E-state index is -0.506. The Labute approximate surface area is 110 Å². The van der Waals surface area contributed by atoms with Gasteiger partial charge in [-0.15, -0.1) is 5.10 Å². The molecule has 0 aliphatic rings. The standard InChI is InChI=1S/C12H16N4OS/c1-9(2)16-12(13-14-15-16)18-8-11(17)10-6-4-3-5-7-10/h3-7,9,11,17H,8H2,1-2H3. The lowest BCUT2D eigenvalue weighted by Gasteiger charge is -2.11. The van der Waals surface area contributed by atoms with Gasteiger partial charge in [0.2, 0.25) is 5.16 Å². The van der Waals surface area contributed by atoms with Gasteiger partial charge < -0.3 is 5.11 Å². The van der Waals surface area contributed by atoms with Crippen LogP contribution in [0, 0.1) is 0 Å². The summed E-state index contributed by atoms with van der Waals surface area (Å²) in [6.07, 6.45) is -0.506. The Morgan fingerprint density at radius 3 is 2.67 bits per heavy atom. The third-order valence-electron chi connectivity index (χ3n) is 2.51. The molecule has 2 aromatic rings. The fraction of sp³-hybridized carbons (Fsp3) is 0.417. The summed E-state index contributed by atoms with van der Waals surface area (Å²) in [7, 11) is 0. The fourth-order valence-corrected chi connectivity index (χ4v) is 2.50. The summed E-state index contributed by atoms with van der Waals surface area (Å²) in [6.45, 7) is 4.04. The van der Waals surface area contributed by atoms with Gasteiger partial charge in [-0.25, -0.2) is 4.68 Å². The predicted octanol–water partition coefficient (Wildman–Crippen LogP) is 2.08. The van der Waals surface area contributed by atoms with Crippen LogP contribution in [0.2, 0.25) is 0 Å². The molecule has 6 heteroatoms. The summed E-state index contributed by atoms with van der Waals surface area (Å²) in [5.41, 5.74) is 0.911. The molecule has 5 nitrogen and oxygen atoms in total. The van der Waals surface area contributed by atoms with Crippen molar-refractivity contribution < 1.29 is 5.11 Å². The molecule has 0 aliphatic carbocycles. The van der Waals surface area contributed by atoms with Crippen molar-refractivity contribution in [1.82, 2.24) is 20.2 Å². The normalized spacial score (nSPS) is 12.9. The van der Waals surface area contributed by atoms with E-state index in [1.807, 2.05) is 44.2 Å². The molecule has 1 heterocycles. The zero-order chi connectivity index (χ0) is 13.0. The molecule has 1 N–H and O–H groups in total. The van der Waals surface area contributed by atoms with Crippen LogP contribution in [-0.4, -0.2) is 31.1 Å². The van der Waals surface area contributed by atoms with Crippen molar-refractivity contribution in [3.05, 3.63) is 35.9 Å². The zero-order valence-electron chi connectivity index (χ0n) is 10.4. The number of aromatic nitrogens is 4. The molecule has 0 fully saturated rings. The van der Waals surface area contributed by atoms with Gasteiger partial charge in [0, 0.05) is 5.75 Å². The second kappa shape index (κ2) is 5.97. The lowest BCUT2D eigenvalue weighted by Crippen LogP contribution is -2.06. The molecule has 0 spiro atoms. The molecular weight excluding hydrogens is 248 g/mol. The highest BCUT2D eigenvalue weighted by atomic mass is 32.2. The lowest BCUT2D eigenvalue weighted by atomic mass is 10.1. The molecule has 0 radical (unpaired) electrons. The minimum Gasteiger partial charge on any atom is -0.388 e. The number of thioether (sulfide) groups is 1. The summed E-state index contributed by atoms with van der Waals surface area (Å²) < 4.78 is 1.75. The molecule has 18 heavy (non-hydrogen) atoms. The van der Waals surface area contributed by atoms with E-state index in [1.54, 1.807) is 4.68 Å². The van der Waals surface area contributed by atoms with Gasteiger partial charge in [0.05, 0.1) is 12.1 Å². The fourth-order valence-electron chi connectivity index (χ4n) is 1.53. The Bertz CT molecular complexity index is 486. The van der Waals surface area contributed by atoms with Crippen LogP contribution in [0.4, 0.5) is 0 Å². The number of aliphatic hydroxyl groups excluding tert-OH is 1. The van der Waals surface area contributed by atoms with Crippen molar-refractivity contribution in [1.29, 1.82) is 0 Å².